The number of nitrogens with one attached hydrogen (secondary N) is 1. The van der Waals surface area contributed by atoms with E-state index in [1.807, 2.05) is 36.4 Å². The van der Waals surface area contributed by atoms with Gasteiger partial charge in [-0.15, -0.1) is 0 Å². The number of rotatable bonds is 5. The summed E-state index contributed by atoms with van der Waals surface area (Å²) in [6, 6.07) is 14.8. The minimum Gasteiger partial charge on any atom is -0.496 e. The molecule has 0 atom stereocenters. The van der Waals surface area contributed by atoms with Crippen molar-refractivity contribution in [1.82, 2.24) is 15.3 Å². The van der Waals surface area contributed by atoms with Crippen LogP contribution in [0.2, 0.25) is 0 Å². The maximum absolute atomic E-state index is 12.3. The van der Waals surface area contributed by atoms with Crippen LogP contribution in [0.1, 0.15) is 15.9 Å². The van der Waals surface area contributed by atoms with Crippen molar-refractivity contribution in [2.24, 2.45) is 0 Å². The van der Waals surface area contributed by atoms with E-state index in [0.29, 0.717) is 17.9 Å². The molecule has 120 valence electrons. The van der Waals surface area contributed by atoms with Crippen LogP contribution in [0.15, 0.2) is 67.1 Å². The van der Waals surface area contributed by atoms with Crippen molar-refractivity contribution < 1.29 is 9.53 Å². The third-order valence-corrected chi connectivity index (χ3v) is 3.59. The van der Waals surface area contributed by atoms with E-state index in [1.165, 1.54) is 0 Å². The second kappa shape index (κ2) is 7.37. The number of carbonyl (C=O) groups is 1. The molecule has 0 unspecified atom stereocenters. The smallest absolute Gasteiger partial charge is 0.255 e. The number of hydrogen-bond donors (Lipinski definition) is 1. The molecule has 0 bridgehead atoms. The quantitative estimate of drug-likeness (QED) is 0.785. The lowest BCUT2D eigenvalue weighted by atomic mass is 10.1. The monoisotopic (exact) mass is 319 g/mol. The van der Waals surface area contributed by atoms with Crippen molar-refractivity contribution in [3.8, 4) is 17.0 Å². The van der Waals surface area contributed by atoms with Gasteiger partial charge in [0.1, 0.15) is 5.75 Å². The Bertz CT molecular complexity index is 835. The van der Waals surface area contributed by atoms with Crippen molar-refractivity contribution in [2.45, 2.75) is 6.54 Å². The van der Waals surface area contributed by atoms with Crippen LogP contribution in [0.5, 0.6) is 5.75 Å². The average Bonchev–Trinajstić information content (AvgIpc) is 2.67. The second-order valence-corrected chi connectivity index (χ2v) is 5.17. The third kappa shape index (κ3) is 3.57. The van der Waals surface area contributed by atoms with Crippen LogP contribution in [-0.4, -0.2) is 23.0 Å². The number of hydrogen-bond acceptors (Lipinski definition) is 4. The van der Waals surface area contributed by atoms with Gasteiger partial charge in [-0.1, -0.05) is 12.1 Å². The number of carbonyl (C=O) groups excluding carboxylic acids is 1. The average molecular weight is 319 g/mol. The molecular formula is C19H17N3O2. The summed E-state index contributed by atoms with van der Waals surface area (Å²) in [6.07, 6.45) is 5.22. The Morgan fingerprint density at radius 2 is 2.00 bits per heavy atom. The second-order valence-electron chi connectivity index (χ2n) is 5.17. The van der Waals surface area contributed by atoms with Crippen molar-refractivity contribution in [3.63, 3.8) is 0 Å². The van der Waals surface area contributed by atoms with Gasteiger partial charge in [-0.2, -0.15) is 0 Å². The van der Waals surface area contributed by atoms with Crippen LogP contribution < -0.4 is 10.1 Å². The summed E-state index contributed by atoms with van der Waals surface area (Å²) in [5, 5.41) is 2.91. The zero-order valence-electron chi connectivity index (χ0n) is 13.3. The van der Waals surface area contributed by atoms with Crippen molar-refractivity contribution in [2.75, 3.05) is 7.11 Å². The molecule has 0 aliphatic carbocycles. The van der Waals surface area contributed by atoms with Crippen LogP contribution >= 0.6 is 0 Å². The summed E-state index contributed by atoms with van der Waals surface area (Å²) >= 11 is 0. The number of nitrogens with zero attached hydrogens (tertiary/aromatic N) is 2. The van der Waals surface area contributed by atoms with E-state index in [4.69, 9.17) is 4.74 Å². The molecule has 0 aliphatic heterocycles. The van der Waals surface area contributed by atoms with E-state index in [9.17, 15) is 4.79 Å². The highest BCUT2D eigenvalue weighted by molar-refractivity contribution is 5.96. The SMILES string of the molecule is COc1ccccc1C(=O)NCc1ccnc(-c2cccnc2)c1. The third-order valence-electron chi connectivity index (χ3n) is 3.59. The molecule has 0 spiro atoms. The molecule has 2 aromatic heterocycles. The molecule has 1 amide bonds. The summed E-state index contributed by atoms with van der Waals surface area (Å²) < 4.78 is 5.22. The number of ether oxygens (including phenoxy) is 1. The number of aromatic nitrogens is 2. The first-order chi connectivity index (χ1) is 11.8. The molecule has 0 fully saturated rings. The van der Waals surface area contributed by atoms with Gasteiger partial charge in [-0.25, -0.2) is 0 Å². The Balaban J connectivity index is 1.72. The minimum absolute atomic E-state index is 0.174. The first kappa shape index (κ1) is 15.7. The number of pyridine rings is 2. The Labute approximate surface area is 140 Å². The molecule has 1 N–H and O–H groups in total. The molecule has 0 radical (unpaired) electrons. The molecule has 5 nitrogen and oxygen atoms in total. The molecule has 2 heterocycles. The van der Waals surface area contributed by atoms with E-state index in [1.54, 1.807) is 37.8 Å². The first-order valence-corrected chi connectivity index (χ1v) is 7.54. The zero-order valence-corrected chi connectivity index (χ0v) is 13.3. The molecule has 0 aliphatic rings. The Kier molecular flexibility index (Phi) is 4.81. The van der Waals surface area contributed by atoms with E-state index < -0.39 is 0 Å². The summed E-state index contributed by atoms with van der Waals surface area (Å²) in [7, 11) is 1.55. The summed E-state index contributed by atoms with van der Waals surface area (Å²) in [4.78, 5) is 20.8. The molecule has 24 heavy (non-hydrogen) atoms. The van der Waals surface area contributed by atoms with Crippen LogP contribution in [0, 0.1) is 0 Å². The fraction of sp³-hybridized carbons (Fsp3) is 0.105. The molecular weight excluding hydrogens is 302 g/mol. The lowest BCUT2D eigenvalue weighted by molar-refractivity contribution is 0.0948. The highest BCUT2D eigenvalue weighted by Crippen LogP contribution is 2.18. The predicted octanol–water partition coefficient (Wildman–Crippen LogP) is 3.08. The summed E-state index contributed by atoms with van der Waals surface area (Å²) in [5.74, 6) is 0.382. The highest BCUT2D eigenvalue weighted by atomic mass is 16.5. The standard InChI is InChI=1S/C19H17N3O2/c1-24-18-7-3-2-6-16(18)19(23)22-12-14-8-10-21-17(11-14)15-5-4-9-20-13-15/h2-11,13H,12H2,1H3,(H,22,23). The first-order valence-electron chi connectivity index (χ1n) is 7.54. The van der Waals surface area contributed by atoms with Crippen LogP contribution in [-0.2, 0) is 6.54 Å². The van der Waals surface area contributed by atoms with Crippen molar-refractivity contribution >= 4 is 5.91 Å². The number of para-hydroxylation sites is 1. The normalized spacial score (nSPS) is 10.2. The highest BCUT2D eigenvalue weighted by Gasteiger charge is 2.11. The predicted molar refractivity (Wildman–Crippen MR) is 91.6 cm³/mol. The number of methoxy groups -OCH3 is 1. The molecule has 3 aromatic rings. The van der Waals surface area contributed by atoms with Crippen molar-refractivity contribution in [1.29, 1.82) is 0 Å². The largest absolute Gasteiger partial charge is 0.496 e. The maximum Gasteiger partial charge on any atom is 0.255 e. The van der Waals surface area contributed by atoms with Gasteiger partial charge in [0.25, 0.3) is 5.91 Å². The summed E-state index contributed by atoms with van der Waals surface area (Å²) in [6.45, 7) is 0.409. The molecule has 0 saturated heterocycles. The topological polar surface area (TPSA) is 64.1 Å². The fourth-order valence-electron chi connectivity index (χ4n) is 2.37. The number of amides is 1. The van der Waals surface area contributed by atoms with Crippen molar-refractivity contribution in [3.05, 3.63) is 78.2 Å². The van der Waals surface area contributed by atoms with E-state index in [-0.39, 0.29) is 5.91 Å². The van der Waals surface area contributed by atoms with Crippen LogP contribution in [0.25, 0.3) is 11.3 Å². The van der Waals surface area contributed by atoms with Gasteiger partial charge in [-0.3, -0.25) is 14.8 Å². The van der Waals surface area contributed by atoms with Gasteiger partial charge in [0.2, 0.25) is 0 Å². The lowest BCUT2D eigenvalue weighted by Gasteiger charge is -2.09. The molecule has 5 heteroatoms. The van der Waals surface area contributed by atoms with Crippen LogP contribution in [0.3, 0.4) is 0 Å². The van der Waals surface area contributed by atoms with Gasteiger partial charge >= 0.3 is 0 Å². The van der Waals surface area contributed by atoms with Crippen LogP contribution in [0.4, 0.5) is 0 Å². The van der Waals surface area contributed by atoms with Gasteiger partial charge < -0.3 is 10.1 Å². The molecule has 0 saturated carbocycles. The summed E-state index contributed by atoms with van der Waals surface area (Å²) in [5.41, 5.74) is 3.25. The Hall–Kier alpha value is -3.21. The van der Waals surface area contributed by atoms with Gasteiger partial charge in [0, 0.05) is 30.7 Å². The van der Waals surface area contributed by atoms with E-state index in [2.05, 4.69) is 15.3 Å². The van der Waals surface area contributed by atoms with Gasteiger partial charge in [0.15, 0.2) is 0 Å². The lowest BCUT2D eigenvalue weighted by Crippen LogP contribution is -2.23. The fourth-order valence-corrected chi connectivity index (χ4v) is 2.37. The Morgan fingerprint density at radius 1 is 1.12 bits per heavy atom. The molecule has 3 rings (SSSR count). The van der Waals surface area contributed by atoms with Gasteiger partial charge in [-0.05, 0) is 42.0 Å². The van der Waals surface area contributed by atoms with E-state index in [0.717, 1.165) is 16.8 Å². The van der Waals surface area contributed by atoms with E-state index >= 15 is 0 Å². The minimum atomic E-state index is -0.174. The van der Waals surface area contributed by atoms with Gasteiger partial charge in [0.05, 0.1) is 18.4 Å². The number of benzene rings is 1. The maximum atomic E-state index is 12.3. The molecule has 1 aromatic carbocycles. The zero-order chi connectivity index (χ0) is 16.8. The Morgan fingerprint density at radius 3 is 2.79 bits per heavy atom.